The van der Waals surface area contributed by atoms with E-state index < -0.39 is 0 Å². The number of aryl methyl sites for hydroxylation is 1. The lowest BCUT2D eigenvalue weighted by Gasteiger charge is -2.07. The maximum Gasteiger partial charge on any atom is 0.137 e. The maximum absolute atomic E-state index is 4.07. The Balaban J connectivity index is 1.85. The zero-order chi connectivity index (χ0) is 10.9. The van der Waals surface area contributed by atoms with Crippen molar-refractivity contribution in [1.29, 1.82) is 0 Å². The van der Waals surface area contributed by atoms with E-state index in [9.17, 15) is 0 Å². The van der Waals surface area contributed by atoms with Gasteiger partial charge in [-0.3, -0.25) is 4.68 Å². The molecule has 0 saturated heterocycles. The normalized spacial score (nSPS) is 11.1. The predicted molar refractivity (Wildman–Crippen MR) is 61.6 cm³/mol. The van der Waals surface area contributed by atoms with Crippen LogP contribution in [-0.2, 0) is 6.54 Å². The molecule has 0 fully saturated rings. The van der Waals surface area contributed by atoms with Gasteiger partial charge in [-0.2, -0.15) is 5.10 Å². The van der Waals surface area contributed by atoms with E-state index in [0.29, 0.717) is 6.04 Å². The fourth-order valence-corrected chi connectivity index (χ4v) is 1.49. The van der Waals surface area contributed by atoms with Gasteiger partial charge in [0.05, 0.1) is 0 Å². The molecule has 86 valence electrons. The molecule has 0 aromatic carbocycles. The summed E-state index contributed by atoms with van der Waals surface area (Å²) in [5.74, 6) is 0. The molecule has 0 aliphatic rings. The van der Waals surface area contributed by atoms with Gasteiger partial charge in [-0.25, -0.2) is 4.98 Å². The molecule has 1 N–H and O–H groups in total. The van der Waals surface area contributed by atoms with Crippen molar-refractivity contribution in [2.45, 2.75) is 52.1 Å². The quantitative estimate of drug-likeness (QED) is 0.666. The number of aromatic nitrogens is 3. The standard InChI is InChI=1S/C11H22N4/c1-11(2)13-7-5-3-4-6-8-15-10-12-9-14-15/h9-11,13H,3-8H2,1-2H3. The largest absolute Gasteiger partial charge is 0.315 e. The van der Waals surface area contributed by atoms with Crippen LogP contribution in [0.5, 0.6) is 0 Å². The van der Waals surface area contributed by atoms with E-state index in [1.165, 1.54) is 25.7 Å². The van der Waals surface area contributed by atoms with Crippen LogP contribution < -0.4 is 5.32 Å². The summed E-state index contributed by atoms with van der Waals surface area (Å²) in [6, 6.07) is 0.611. The second-order valence-electron chi connectivity index (χ2n) is 4.18. The molecule has 1 rings (SSSR count). The summed E-state index contributed by atoms with van der Waals surface area (Å²) in [5.41, 5.74) is 0. The first-order chi connectivity index (χ1) is 7.29. The van der Waals surface area contributed by atoms with E-state index in [1.54, 1.807) is 12.7 Å². The molecule has 0 aliphatic heterocycles. The van der Waals surface area contributed by atoms with Gasteiger partial charge >= 0.3 is 0 Å². The fourth-order valence-electron chi connectivity index (χ4n) is 1.49. The number of nitrogens with one attached hydrogen (secondary N) is 1. The van der Waals surface area contributed by atoms with Crippen LogP contribution in [0.2, 0.25) is 0 Å². The zero-order valence-corrected chi connectivity index (χ0v) is 9.82. The Labute approximate surface area is 92.1 Å². The minimum Gasteiger partial charge on any atom is -0.315 e. The van der Waals surface area contributed by atoms with E-state index in [4.69, 9.17) is 0 Å². The molecule has 0 atom stereocenters. The molecular weight excluding hydrogens is 188 g/mol. The van der Waals surface area contributed by atoms with Gasteiger partial charge in [0.15, 0.2) is 0 Å². The van der Waals surface area contributed by atoms with Crippen molar-refractivity contribution in [2.24, 2.45) is 0 Å². The molecule has 1 heterocycles. The van der Waals surface area contributed by atoms with Gasteiger partial charge in [0.1, 0.15) is 12.7 Å². The third kappa shape index (κ3) is 6.23. The second-order valence-corrected chi connectivity index (χ2v) is 4.18. The Morgan fingerprint density at radius 2 is 2.00 bits per heavy atom. The average molecular weight is 210 g/mol. The van der Waals surface area contributed by atoms with Crippen molar-refractivity contribution < 1.29 is 0 Å². The summed E-state index contributed by atoms with van der Waals surface area (Å²) in [6.07, 6.45) is 8.42. The van der Waals surface area contributed by atoms with E-state index >= 15 is 0 Å². The third-order valence-electron chi connectivity index (χ3n) is 2.33. The molecule has 4 nitrogen and oxygen atoms in total. The predicted octanol–water partition coefficient (Wildman–Crippen LogP) is 1.84. The highest BCUT2D eigenvalue weighted by Gasteiger charge is 1.94. The van der Waals surface area contributed by atoms with Crippen LogP contribution in [0.4, 0.5) is 0 Å². The van der Waals surface area contributed by atoms with Crippen molar-refractivity contribution in [1.82, 2.24) is 20.1 Å². The van der Waals surface area contributed by atoms with E-state index in [1.807, 2.05) is 4.68 Å². The van der Waals surface area contributed by atoms with Crippen LogP contribution >= 0.6 is 0 Å². The van der Waals surface area contributed by atoms with Crippen LogP contribution in [0.25, 0.3) is 0 Å². The van der Waals surface area contributed by atoms with Gasteiger partial charge < -0.3 is 5.32 Å². The lowest BCUT2D eigenvalue weighted by Crippen LogP contribution is -2.23. The molecule has 1 aromatic heterocycles. The highest BCUT2D eigenvalue weighted by molar-refractivity contribution is 4.57. The van der Waals surface area contributed by atoms with Gasteiger partial charge in [-0.1, -0.05) is 26.7 Å². The fraction of sp³-hybridized carbons (Fsp3) is 0.818. The van der Waals surface area contributed by atoms with Crippen molar-refractivity contribution in [3.63, 3.8) is 0 Å². The van der Waals surface area contributed by atoms with Crippen molar-refractivity contribution in [3.8, 4) is 0 Å². The Hall–Kier alpha value is -0.900. The topological polar surface area (TPSA) is 42.7 Å². The average Bonchev–Trinajstić information content (AvgIpc) is 2.68. The third-order valence-corrected chi connectivity index (χ3v) is 2.33. The van der Waals surface area contributed by atoms with Crippen LogP contribution in [0.15, 0.2) is 12.7 Å². The van der Waals surface area contributed by atoms with Crippen LogP contribution in [0.1, 0.15) is 39.5 Å². The summed E-state index contributed by atoms with van der Waals surface area (Å²) in [7, 11) is 0. The molecule has 0 unspecified atom stereocenters. The van der Waals surface area contributed by atoms with Gasteiger partial charge in [0, 0.05) is 12.6 Å². The second kappa shape index (κ2) is 7.40. The molecule has 15 heavy (non-hydrogen) atoms. The van der Waals surface area contributed by atoms with Gasteiger partial charge in [-0.15, -0.1) is 0 Å². The molecule has 0 aliphatic carbocycles. The monoisotopic (exact) mass is 210 g/mol. The summed E-state index contributed by atoms with van der Waals surface area (Å²) in [5, 5.41) is 7.49. The number of hydrogen-bond acceptors (Lipinski definition) is 3. The SMILES string of the molecule is CC(C)NCCCCCCn1cncn1. The van der Waals surface area contributed by atoms with Crippen LogP contribution in [0.3, 0.4) is 0 Å². The molecule has 0 bridgehead atoms. The van der Waals surface area contributed by atoms with E-state index in [-0.39, 0.29) is 0 Å². The molecule has 0 radical (unpaired) electrons. The number of hydrogen-bond donors (Lipinski definition) is 1. The summed E-state index contributed by atoms with van der Waals surface area (Å²) in [6.45, 7) is 6.51. The highest BCUT2D eigenvalue weighted by Crippen LogP contribution is 2.00. The Bertz CT molecular complexity index is 231. The van der Waals surface area contributed by atoms with Gasteiger partial charge in [-0.05, 0) is 19.4 Å². The van der Waals surface area contributed by atoms with E-state index in [0.717, 1.165) is 13.1 Å². The Morgan fingerprint density at radius 3 is 2.67 bits per heavy atom. The molecule has 0 amide bonds. The smallest absolute Gasteiger partial charge is 0.137 e. The lowest BCUT2D eigenvalue weighted by molar-refractivity contribution is 0.510. The highest BCUT2D eigenvalue weighted by atomic mass is 15.3. The van der Waals surface area contributed by atoms with E-state index in [2.05, 4.69) is 29.2 Å². The summed E-state index contributed by atoms with van der Waals surface area (Å²) in [4.78, 5) is 3.91. The molecule has 1 aromatic rings. The van der Waals surface area contributed by atoms with Crippen molar-refractivity contribution >= 4 is 0 Å². The summed E-state index contributed by atoms with van der Waals surface area (Å²) >= 11 is 0. The number of unbranched alkanes of at least 4 members (excludes halogenated alkanes) is 3. The Kier molecular flexibility index (Phi) is 6.00. The molecule has 0 saturated carbocycles. The summed E-state index contributed by atoms with van der Waals surface area (Å²) < 4.78 is 1.90. The van der Waals surface area contributed by atoms with Crippen molar-refractivity contribution in [3.05, 3.63) is 12.7 Å². The maximum atomic E-state index is 4.07. The number of nitrogens with zero attached hydrogens (tertiary/aromatic N) is 3. The van der Waals surface area contributed by atoms with Crippen LogP contribution in [0, 0.1) is 0 Å². The Morgan fingerprint density at radius 1 is 1.20 bits per heavy atom. The molecule has 4 heteroatoms. The molecular formula is C11H22N4. The first kappa shape index (κ1) is 12.2. The van der Waals surface area contributed by atoms with Gasteiger partial charge in [0.25, 0.3) is 0 Å². The minimum absolute atomic E-state index is 0.611. The first-order valence-corrected chi connectivity index (χ1v) is 5.85. The molecule has 0 spiro atoms. The lowest BCUT2D eigenvalue weighted by atomic mass is 10.2. The van der Waals surface area contributed by atoms with Crippen molar-refractivity contribution in [2.75, 3.05) is 6.54 Å². The zero-order valence-electron chi connectivity index (χ0n) is 9.82. The first-order valence-electron chi connectivity index (χ1n) is 5.85. The van der Waals surface area contributed by atoms with Gasteiger partial charge in [0.2, 0.25) is 0 Å². The van der Waals surface area contributed by atoms with Crippen LogP contribution in [-0.4, -0.2) is 27.4 Å². The number of rotatable bonds is 8. The minimum atomic E-state index is 0.611.